The number of anilines is 1. The van der Waals surface area contributed by atoms with E-state index in [-0.39, 0.29) is 35.0 Å². The van der Waals surface area contributed by atoms with Gasteiger partial charge >= 0.3 is 23.5 Å². The lowest BCUT2D eigenvalue weighted by Gasteiger charge is -2.22. The number of nitrogens with two attached hydrogens (primary N) is 2. The molecule has 0 saturated carbocycles. The highest BCUT2D eigenvalue weighted by atomic mass is 31.3. The van der Waals surface area contributed by atoms with E-state index in [4.69, 9.17) is 34.5 Å². The van der Waals surface area contributed by atoms with E-state index < -0.39 is 91.7 Å². The molecule has 0 radical (unpaired) electrons. The molecule has 27 nitrogen and oxygen atoms in total. The predicted octanol–water partition coefficient (Wildman–Crippen LogP) is -2.43. The summed E-state index contributed by atoms with van der Waals surface area (Å²) in [6.07, 6.45) is -5.16. The number of nitrogens with one attached hydrogen (secondary N) is 2. The molecule has 3 aromatic rings. The number of phosphoric ester groups is 3. The molecule has 0 spiro atoms. The average Bonchev–Trinajstić information content (AvgIpc) is 3.82. The summed E-state index contributed by atoms with van der Waals surface area (Å²) >= 11 is 0. The van der Waals surface area contributed by atoms with Crippen molar-refractivity contribution in [2.75, 3.05) is 38.2 Å². The second-order valence-corrected chi connectivity index (χ2v) is 17.4. The van der Waals surface area contributed by atoms with Crippen LogP contribution in [0.4, 0.5) is 5.82 Å². The summed E-state index contributed by atoms with van der Waals surface area (Å²) in [4.78, 5) is 76.0. The van der Waals surface area contributed by atoms with Crippen molar-refractivity contribution in [3.05, 3.63) is 42.7 Å². The largest absolute Gasteiger partial charge is 0.481 e. The van der Waals surface area contributed by atoms with Gasteiger partial charge in [-0.1, -0.05) is 12.8 Å². The number of imidazole rings is 1. The topological polar surface area (TPSA) is 406 Å². The first-order valence-electron chi connectivity index (χ1n) is 17.7. The number of amides is 2. The van der Waals surface area contributed by atoms with E-state index in [1.807, 2.05) is 0 Å². The molecule has 2 aliphatic heterocycles. The van der Waals surface area contributed by atoms with Gasteiger partial charge in [0.05, 0.1) is 26.1 Å². The van der Waals surface area contributed by atoms with Crippen molar-refractivity contribution in [1.82, 2.24) is 24.8 Å². The van der Waals surface area contributed by atoms with Crippen molar-refractivity contribution in [2.24, 2.45) is 11.5 Å². The summed E-state index contributed by atoms with van der Waals surface area (Å²) in [7, 11) is -16.5. The maximum atomic E-state index is 12.8. The zero-order chi connectivity index (χ0) is 43.1. The number of hydrogen-bond donors (Lipinski definition) is 11. The van der Waals surface area contributed by atoms with Crippen molar-refractivity contribution < 1.29 is 90.1 Å². The lowest BCUT2D eigenvalue weighted by atomic mass is 10.1. The van der Waals surface area contributed by atoms with Crippen LogP contribution in [0.25, 0.3) is 11.2 Å². The Morgan fingerprint density at radius 2 is 1.59 bits per heavy atom. The number of fused-ring (bicyclic) bond motifs is 1. The molecule has 0 aliphatic carbocycles. The number of aliphatic hydroxyl groups excluding tert-OH is 3. The number of nitrogens with zero attached hydrogens (tertiary/aromatic N) is 5. The van der Waals surface area contributed by atoms with E-state index >= 15 is 0 Å². The fourth-order valence-electron chi connectivity index (χ4n) is 6.02. The maximum absolute atomic E-state index is 12.8. The smallest absolute Gasteiger partial charge is 0.387 e. The summed E-state index contributed by atoms with van der Waals surface area (Å²) in [5.41, 5.74) is 10.8. The molecule has 0 bridgehead atoms. The summed E-state index contributed by atoms with van der Waals surface area (Å²) in [6.45, 7) is -1.25. The van der Waals surface area contributed by atoms with Crippen LogP contribution < -0.4 is 26.7 Å². The first kappa shape index (κ1) is 46.6. The summed E-state index contributed by atoms with van der Waals surface area (Å²) in [5, 5.41) is 37.5. The Kier molecular flexibility index (Phi) is 15.8. The van der Waals surface area contributed by atoms with Crippen LogP contribution >= 0.6 is 23.5 Å². The minimum absolute atomic E-state index is 0.0246. The second kappa shape index (κ2) is 20.0. The highest BCUT2D eigenvalue weighted by molar-refractivity contribution is 7.61. The molecule has 59 heavy (non-hydrogen) atoms. The van der Waals surface area contributed by atoms with Crippen molar-refractivity contribution in [3.63, 3.8) is 0 Å². The molecule has 30 heteroatoms. The Balaban J connectivity index is 1.19. The van der Waals surface area contributed by atoms with Crippen molar-refractivity contribution in [3.8, 4) is 0 Å². The summed E-state index contributed by atoms with van der Waals surface area (Å²) in [5.74, 6) is -1.05. The van der Waals surface area contributed by atoms with Gasteiger partial charge in [-0.25, -0.2) is 28.6 Å². The molecule has 2 amide bonds. The number of aromatic nitrogens is 5. The Morgan fingerprint density at radius 3 is 2.25 bits per heavy atom. The van der Waals surface area contributed by atoms with Crippen LogP contribution in [0.3, 0.4) is 0 Å². The Labute approximate surface area is 334 Å². The van der Waals surface area contributed by atoms with E-state index in [2.05, 4.69) is 29.9 Å². The first-order valence-corrected chi connectivity index (χ1v) is 22.2. The molecule has 328 valence electrons. The standard InChI is InChI=1S/C29H44N9O18P3/c30-7-3-1-2-4-8-32-19(39)10-33-26-20-27(35-14-34-26)38(15-36-20)29-24(55-57(44,45)46)22(41)18(54-29)13-52-59(49,50)56-58(47,48)51-12-17-21(40)23(42)28(53-17)37-9-5-6-16(11-37)25(31)43/h5-6,9,11,14-15,17-18,21-24,28-29,40-42H,1-4,7-8,10,12-13,30H2,(H7-,31,32,33,34,35,39,43,44,45,46,47,48,49,50)/p+1/t17-,18+,21?,22-,23+,24?,28-,29+/m1/s1. The van der Waals surface area contributed by atoms with Crippen molar-refractivity contribution in [2.45, 2.75) is 74.8 Å². The number of primary amides is 1. The molecular weight excluding hydrogens is 855 g/mol. The van der Waals surface area contributed by atoms with E-state index in [9.17, 15) is 58.2 Å². The van der Waals surface area contributed by atoms with Gasteiger partial charge in [0.15, 0.2) is 41.7 Å². The number of unbranched alkanes of at least 4 members (excludes halogenated alkanes) is 3. The molecule has 3 aromatic heterocycles. The molecule has 2 aliphatic rings. The minimum atomic E-state index is -5.58. The number of hydrogen-bond acceptors (Lipinski definition) is 19. The number of carbonyl (C=O) groups excluding carboxylic acids is 2. The van der Waals surface area contributed by atoms with E-state index in [0.29, 0.717) is 13.1 Å². The predicted molar refractivity (Wildman–Crippen MR) is 195 cm³/mol. The molecule has 2 fully saturated rings. The molecule has 5 rings (SSSR count). The maximum Gasteiger partial charge on any atom is 0.481 e. The molecule has 0 aromatic carbocycles. The number of pyridine rings is 1. The molecule has 10 atom stereocenters. The Bertz CT molecular complexity index is 2080. The molecule has 2 saturated heterocycles. The van der Waals surface area contributed by atoms with Crippen LogP contribution in [0.5, 0.6) is 0 Å². The third-order valence-electron chi connectivity index (χ3n) is 8.82. The van der Waals surface area contributed by atoms with Gasteiger partial charge in [-0.15, -0.1) is 0 Å². The van der Waals surface area contributed by atoms with Crippen LogP contribution in [0.2, 0.25) is 0 Å². The van der Waals surface area contributed by atoms with Gasteiger partial charge in [-0.05, 0) is 25.5 Å². The molecule has 5 heterocycles. The summed E-state index contributed by atoms with van der Waals surface area (Å²) in [6, 6.07) is 2.78. The highest BCUT2D eigenvalue weighted by Gasteiger charge is 2.51. The minimum Gasteiger partial charge on any atom is -0.387 e. The lowest BCUT2D eigenvalue weighted by molar-refractivity contribution is -0.765. The Hall–Kier alpha value is -3.43. The van der Waals surface area contributed by atoms with Gasteiger partial charge < -0.3 is 66.5 Å². The van der Waals surface area contributed by atoms with Gasteiger partial charge in [0.2, 0.25) is 5.91 Å². The lowest BCUT2D eigenvalue weighted by Crippen LogP contribution is -2.46. The summed E-state index contributed by atoms with van der Waals surface area (Å²) < 4.78 is 69.4. The van der Waals surface area contributed by atoms with Gasteiger partial charge in [-0.2, -0.15) is 8.88 Å². The number of carbonyl (C=O) groups is 2. The zero-order valence-electron chi connectivity index (χ0n) is 30.8. The van der Waals surface area contributed by atoms with Gasteiger partial charge in [0.1, 0.15) is 42.4 Å². The average molecular weight is 901 g/mol. The van der Waals surface area contributed by atoms with Gasteiger partial charge in [0, 0.05) is 12.6 Å². The molecule has 13 N–H and O–H groups in total. The monoisotopic (exact) mass is 900 g/mol. The van der Waals surface area contributed by atoms with Crippen LogP contribution in [0, 0.1) is 0 Å². The van der Waals surface area contributed by atoms with Crippen molar-refractivity contribution in [1.29, 1.82) is 0 Å². The normalized spacial score (nSPS) is 26.7. The molecular formula is C29H45N9O18P3+. The van der Waals surface area contributed by atoms with E-state index in [0.717, 1.165) is 42.9 Å². The highest BCUT2D eigenvalue weighted by Crippen LogP contribution is 2.61. The van der Waals surface area contributed by atoms with Gasteiger partial charge in [0.25, 0.3) is 12.1 Å². The number of rotatable bonds is 22. The van der Waals surface area contributed by atoms with Crippen LogP contribution in [0.15, 0.2) is 37.2 Å². The number of aliphatic hydroxyl groups is 3. The van der Waals surface area contributed by atoms with Crippen LogP contribution in [0.1, 0.15) is 48.5 Å². The number of phosphoric acid groups is 3. The zero-order valence-corrected chi connectivity index (χ0v) is 33.5. The van der Waals surface area contributed by atoms with Gasteiger partial charge in [-0.3, -0.25) is 27.7 Å². The third kappa shape index (κ3) is 12.6. The molecule has 4 unspecified atom stereocenters. The van der Waals surface area contributed by atoms with Crippen molar-refractivity contribution >= 4 is 52.3 Å². The van der Waals surface area contributed by atoms with Crippen LogP contribution in [-0.2, 0) is 45.8 Å². The SMILES string of the molecule is NCCCCCCNC(=O)CNc1ncnc2c1ncn2[C@H]1O[C@@H](COP(=O)(O)OP(=O)(O)OC[C@H]2O[C@@H]([n+]3cccc(C(N)=O)c3)[C@@H](O)C2O)[C@@H](O)C1OP(=O)(O)O. The quantitative estimate of drug-likeness (QED) is 0.0284. The third-order valence-corrected chi connectivity index (χ3v) is 11.9. The fraction of sp³-hybridized carbons (Fsp3) is 0.586. The second-order valence-electron chi connectivity index (χ2n) is 13.1. The van der Waals surface area contributed by atoms with E-state index in [1.165, 1.54) is 29.1 Å². The Morgan fingerprint density at radius 1 is 0.915 bits per heavy atom. The van der Waals surface area contributed by atoms with E-state index in [1.54, 1.807) is 0 Å². The number of ether oxygens (including phenoxy) is 2. The van der Waals surface area contributed by atoms with Crippen LogP contribution in [-0.4, -0.2) is 136 Å². The fourth-order valence-corrected chi connectivity index (χ4v) is 8.66. The first-order chi connectivity index (χ1) is 27.8.